The number of aryl methyl sites for hydroxylation is 1. The first-order valence-corrected chi connectivity index (χ1v) is 14.3. The van der Waals surface area contributed by atoms with Crippen LogP contribution in [-0.4, -0.2) is 50.5 Å². The Balaban J connectivity index is 2.07. The summed E-state index contributed by atoms with van der Waals surface area (Å²) in [5.41, 5.74) is 1.84. The number of sulfonamides is 1. The van der Waals surface area contributed by atoms with Gasteiger partial charge in [0.05, 0.1) is 11.9 Å². The molecule has 0 saturated heterocycles. The summed E-state index contributed by atoms with van der Waals surface area (Å²) in [5, 5.41) is 3.18. The van der Waals surface area contributed by atoms with Crippen molar-refractivity contribution in [2.24, 2.45) is 0 Å². The Morgan fingerprint density at radius 2 is 1.68 bits per heavy atom. The zero-order valence-corrected chi connectivity index (χ0v) is 23.1. The Morgan fingerprint density at radius 1 is 1.03 bits per heavy atom. The number of hydrogen-bond donors (Lipinski definition) is 1. The van der Waals surface area contributed by atoms with Crippen molar-refractivity contribution >= 4 is 39.1 Å². The lowest BCUT2D eigenvalue weighted by atomic mass is 10.0. The second-order valence-electron chi connectivity index (χ2n) is 8.91. The smallest absolute Gasteiger partial charge is 0.244 e. The number of carbonyl (C=O) groups excluding carboxylic acids is 2. The Kier molecular flexibility index (Phi) is 9.88. The van der Waals surface area contributed by atoms with E-state index in [0.29, 0.717) is 17.1 Å². The highest BCUT2D eigenvalue weighted by atomic mass is 35.5. The molecule has 2 amide bonds. The number of hydrogen-bond acceptors (Lipinski definition) is 4. The van der Waals surface area contributed by atoms with Crippen LogP contribution in [0.1, 0.15) is 23.6 Å². The van der Waals surface area contributed by atoms with E-state index in [1.54, 1.807) is 26.0 Å². The van der Waals surface area contributed by atoms with Crippen molar-refractivity contribution in [3.63, 3.8) is 0 Å². The van der Waals surface area contributed by atoms with E-state index in [1.165, 1.54) is 35.2 Å². The van der Waals surface area contributed by atoms with Crippen LogP contribution in [0.15, 0.2) is 72.8 Å². The Hall–Kier alpha value is -3.43. The van der Waals surface area contributed by atoms with Gasteiger partial charge in [-0.25, -0.2) is 12.8 Å². The fraction of sp³-hybridized carbons (Fsp3) is 0.286. The summed E-state index contributed by atoms with van der Waals surface area (Å²) in [6.07, 6.45) is 1.16. The largest absolute Gasteiger partial charge is 0.355 e. The maximum atomic E-state index is 14.7. The van der Waals surface area contributed by atoms with E-state index >= 15 is 0 Å². The van der Waals surface area contributed by atoms with E-state index in [4.69, 9.17) is 11.6 Å². The lowest BCUT2D eigenvalue weighted by molar-refractivity contribution is -0.140. The molecular weight excluding hydrogens is 529 g/mol. The number of rotatable bonds is 11. The second-order valence-corrected chi connectivity index (χ2v) is 11.3. The molecule has 7 nitrogen and oxygen atoms in total. The fourth-order valence-corrected chi connectivity index (χ4v) is 5.28. The molecule has 0 aromatic heterocycles. The van der Waals surface area contributed by atoms with Crippen LogP contribution in [0.4, 0.5) is 10.1 Å². The molecule has 202 valence electrons. The lowest BCUT2D eigenvalue weighted by Gasteiger charge is -2.33. The van der Waals surface area contributed by atoms with Crippen LogP contribution in [0, 0.1) is 12.7 Å². The molecule has 10 heteroatoms. The SMILES string of the molecule is CCNC(=O)C(Cc1ccccc1)N(Cc1ccccc1F)C(=O)CN(c1ccc(Cl)cc1C)S(C)(=O)=O. The first-order valence-electron chi connectivity index (χ1n) is 12.1. The van der Waals surface area contributed by atoms with Crippen LogP contribution in [0.2, 0.25) is 5.02 Å². The molecular formula is C28H31ClFN3O4S. The monoisotopic (exact) mass is 559 g/mol. The van der Waals surface area contributed by atoms with Crippen molar-refractivity contribution in [1.82, 2.24) is 10.2 Å². The van der Waals surface area contributed by atoms with Crippen LogP contribution in [-0.2, 0) is 32.6 Å². The van der Waals surface area contributed by atoms with E-state index in [1.807, 2.05) is 30.3 Å². The molecule has 0 aliphatic carbocycles. The number of anilines is 1. The predicted octanol–water partition coefficient (Wildman–Crippen LogP) is 4.33. The Bertz CT molecular complexity index is 1390. The van der Waals surface area contributed by atoms with Crippen LogP contribution >= 0.6 is 11.6 Å². The molecule has 1 atom stereocenters. The molecule has 0 aliphatic rings. The van der Waals surface area contributed by atoms with Gasteiger partial charge in [0.25, 0.3) is 0 Å². The molecule has 0 fully saturated rings. The second kappa shape index (κ2) is 12.9. The number of likely N-dealkylation sites (N-methyl/N-ethyl adjacent to an activating group) is 1. The first kappa shape index (κ1) is 29.1. The van der Waals surface area contributed by atoms with Gasteiger partial charge in [0.15, 0.2) is 0 Å². The van der Waals surface area contributed by atoms with Crippen LogP contribution in [0.5, 0.6) is 0 Å². The quantitative estimate of drug-likeness (QED) is 0.379. The summed E-state index contributed by atoms with van der Waals surface area (Å²) >= 11 is 6.06. The average Bonchev–Trinajstić information content (AvgIpc) is 2.86. The summed E-state index contributed by atoms with van der Waals surface area (Å²) in [6, 6.07) is 18.8. The van der Waals surface area contributed by atoms with Gasteiger partial charge in [-0.3, -0.25) is 13.9 Å². The molecule has 0 aliphatic heterocycles. The number of halogens is 2. The van der Waals surface area contributed by atoms with E-state index in [-0.39, 0.29) is 24.2 Å². The maximum absolute atomic E-state index is 14.7. The minimum Gasteiger partial charge on any atom is -0.355 e. The van der Waals surface area contributed by atoms with Gasteiger partial charge in [-0.2, -0.15) is 0 Å². The highest BCUT2D eigenvalue weighted by molar-refractivity contribution is 7.92. The van der Waals surface area contributed by atoms with E-state index in [0.717, 1.165) is 16.1 Å². The number of nitrogens with zero attached hydrogens (tertiary/aromatic N) is 2. The van der Waals surface area contributed by atoms with E-state index < -0.39 is 40.2 Å². The molecule has 3 aromatic rings. The zero-order valence-electron chi connectivity index (χ0n) is 21.5. The topological polar surface area (TPSA) is 86.8 Å². The predicted molar refractivity (Wildman–Crippen MR) is 148 cm³/mol. The molecule has 3 aromatic carbocycles. The van der Waals surface area contributed by atoms with Gasteiger partial charge < -0.3 is 10.2 Å². The number of amides is 2. The van der Waals surface area contributed by atoms with Gasteiger partial charge >= 0.3 is 0 Å². The Morgan fingerprint density at radius 3 is 2.29 bits per heavy atom. The third-order valence-electron chi connectivity index (χ3n) is 6.03. The van der Waals surface area contributed by atoms with Crippen molar-refractivity contribution in [2.75, 3.05) is 23.7 Å². The molecule has 0 radical (unpaired) electrons. The normalized spacial score (nSPS) is 12.0. The number of nitrogens with one attached hydrogen (secondary N) is 1. The third kappa shape index (κ3) is 7.55. The van der Waals surface area contributed by atoms with Gasteiger partial charge in [-0.05, 0) is 49.2 Å². The molecule has 38 heavy (non-hydrogen) atoms. The average molecular weight is 560 g/mol. The lowest BCUT2D eigenvalue weighted by Crippen LogP contribution is -2.53. The van der Waals surface area contributed by atoms with Crippen molar-refractivity contribution in [3.8, 4) is 0 Å². The van der Waals surface area contributed by atoms with Gasteiger partial charge in [-0.15, -0.1) is 0 Å². The highest BCUT2D eigenvalue weighted by Crippen LogP contribution is 2.26. The Labute approximate surface area is 228 Å². The molecule has 0 bridgehead atoms. The van der Waals surface area contributed by atoms with Crippen molar-refractivity contribution in [2.45, 2.75) is 32.9 Å². The van der Waals surface area contributed by atoms with Crippen molar-refractivity contribution in [1.29, 1.82) is 0 Å². The molecule has 0 spiro atoms. The number of benzene rings is 3. The standard InChI is InChI=1S/C28H31ClFN3O4S/c1-4-31-28(35)26(17-21-10-6-5-7-11-21)32(18-22-12-8-9-13-24(22)30)27(34)19-33(38(3,36)37)25-15-14-23(29)16-20(25)2/h5-16,26H,4,17-19H2,1-3H3,(H,31,35). The summed E-state index contributed by atoms with van der Waals surface area (Å²) in [5.74, 6) is -1.61. The summed E-state index contributed by atoms with van der Waals surface area (Å²) in [7, 11) is -3.91. The van der Waals surface area contributed by atoms with Gasteiger partial charge in [0, 0.05) is 30.1 Å². The van der Waals surface area contributed by atoms with E-state index in [9.17, 15) is 22.4 Å². The minimum absolute atomic E-state index is 0.158. The molecule has 3 rings (SSSR count). The zero-order chi connectivity index (χ0) is 27.9. The minimum atomic E-state index is -3.91. The third-order valence-corrected chi connectivity index (χ3v) is 7.39. The highest BCUT2D eigenvalue weighted by Gasteiger charge is 2.33. The van der Waals surface area contributed by atoms with Gasteiger partial charge in [0.2, 0.25) is 21.8 Å². The molecule has 0 heterocycles. The van der Waals surface area contributed by atoms with Gasteiger partial charge in [-0.1, -0.05) is 60.1 Å². The summed E-state index contributed by atoms with van der Waals surface area (Å²) in [4.78, 5) is 28.4. The molecule has 0 saturated carbocycles. The molecule has 1 unspecified atom stereocenters. The maximum Gasteiger partial charge on any atom is 0.244 e. The summed E-state index contributed by atoms with van der Waals surface area (Å²) in [6.45, 7) is 2.96. The van der Waals surface area contributed by atoms with E-state index in [2.05, 4.69) is 5.32 Å². The van der Waals surface area contributed by atoms with Crippen molar-refractivity contribution < 1.29 is 22.4 Å². The van der Waals surface area contributed by atoms with Gasteiger partial charge in [0.1, 0.15) is 18.4 Å². The molecule has 1 N–H and O–H groups in total. The number of carbonyl (C=O) groups is 2. The van der Waals surface area contributed by atoms with Crippen molar-refractivity contribution in [3.05, 3.63) is 100 Å². The first-order chi connectivity index (χ1) is 18.0. The fourth-order valence-electron chi connectivity index (χ4n) is 4.15. The van der Waals surface area contributed by atoms with Crippen LogP contribution in [0.25, 0.3) is 0 Å². The van der Waals surface area contributed by atoms with Crippen LogP contribution in [0.3, 0.4) is 0 Å². The summed E-state index contributed by atoms with van der Waals surface area (Å²) < 4.78 is 41.3. The van der Waals surface area contributed by atoms with Crippen LogP contribution < -0.4 is 9.62 Å².